The zero-order valence-corrected chi connectivity index (χ0v) is 16.1. The zero-order chi connectivity index (χ0) is 16.8. The fourth-order valence-electron chi connectivity index (χ4n) is 2.78. The Balaban J connectivity index is 2.92. The fourth-order valence-corrected chi connectivity index (χ4v) is 2.78. The van der Waals surface area contributed by atoms with Gasteiger partial charge in [-0.05, 0) is 12.8 Å². The Morgan fingerprint density at radius 2 is 0.739 bits per heavy atom. The summed E-state index contributed by atoms with van der Waals surface area (Å²) in [4.78, 5) is 0. The Morgan fingerprint density at radius 3 is 1.09 bits per heavy atom. The second-order valence-electron chi connectivity index (χ2n) is 6.79. The molecule has 0 aromatic carbocycles. The number of unbranched alkanes of at least 4 members (excludes halogenated alkanes) is 14. The molecule has 0 aliphatic heterocycles. The van der Waals surface area contributed by atoms with Gasteiger partial charge in [-0.25, -0.2) is 0 Å². The van der Waals surface area contributed by atoms with Gasteiger partial charge >= 0.3 is 7.69 Å². The molecule has 0 aliphatic carbocycles. The highest BCUT2D eigenvalue weighted by Gasteiger charge is 1.96. The van der Waals surface area contributed by atoms with Crippen LogP contribution in [0, 0.1) is 0 Å². The smallest absolute Gasteiger partial charge is 0.413 e. The van der Waals surface area contributed by atoms with E-state index >= 15 is 0 Å². The molecule has 2 nitrogen and oxygen atoms in total. The van der Waals surface area contributed by atoms with E-state index in [-0.39, 0.29) is 0 Å². The minimum absolute atomic E-state index is 0.812. The van der Waals surface area contributed by atoms with Crippen molar-refractivity contribution in [3.05, 3.63) is 0 Å². The molecule has 0 heterocycles. The maximum Gasteiger partial charge on any atom is 0.487 e. The van der Waals surface area contributed by atoms with Gasteiger partial charge in [0, 0.05) is 13.2 Å². The van der Waals surface area contributed by atoms with Crippen LogP contribution in [0.5, 0.6) is 0 Å². The van der Waals surface area contributed by atoms with E-state index in [0.29, 0.717) is 0 Å². The molecule has 0 bridgehead atoms. The van der Waals surface area contributed by atoms with Crippen LogP contribution in [-0.2, 0) is 9.31 Å². The monoisotopic (exact) mass is 325 g/mol. The van der Waals surface area contributed by atoms with E-state index < -0.39 is 0 Å². The molecule has 0 unspecified atom stereocenters. The first-order valence-corrected chi connectivity index (χ1v) is 10.5. The van der Waals surface area contributed by atoms with Gasteiger partial charge in [-0.1, -0.05) is 104 Å². The molecule has 0 atom stereocenters. The van der Waals surface area contributed by atoms with Gasteiger partial charge in [0.1, 0.15) is 0 Å². The van der Waals surface area contributed by atoms with Crippen LogP contribution in [0.2, 0.25) is 0 Å². The molecular weight excluding hydrogens is 283 g/mol. The first-order chi connectivity index (χ1) is 11.4. The molecule has 1 radical (unpaired) electrons. The van der Waals surface area contributed by atoms with Gasteiger partial charge in [-0.15, -0.1) is 0 Å². The van der Waals surface area contributed by atoms with Crippen LogP contribution in [0.4, 0.5) is 0 Å². The van der Waals surface area contributed by atoms with E-state index in [1.807, 2.05) is 0 Å². The van der Waals surface area contributed by atoms with Crippen molar-refractivity contribution in [2.24, 2.45) is 0 Å². The predicted octanol–water partition coefficient (Wildman–Crippen LogP) is 6.84. The third-order valence-corrected chi connectivity index (χ3v) is 4.37. The molecule has 137 valence electrons. The maximum atomic E-state index is 5.40. The lowest BCUT2D eigenvalue weighted by atomic mass is 10.1. The molecule has 23 heavy (non-hydrogen) atoms. The molecule has 0 aromatic rings. The van der Waals surface area contributed by atoms with E-state index in [9.17, 15) is 0 Å². The van der Waals surface area contributed by atoms with Crippen molar-refractivity contribution in [1.82, 2.24) is 0 Å². The van der Waals surface area contributed by atoms with Crippen molar-refractivity contribution in [2.45, 2.75) is 117 Å². The zero-order valence-electron chi connectivity index (χ0n) is 16.1. The molecule has 0 N–H and O–H groups in total. The fraction of sp³-hybridized carbons (Fsp3) is 1.00. The van der Waals surface area contributed by atoms with Crippen molar-refractivity contribution >= 4 is 7.69 Å². The van der Waals surface area contributed by atoms with Crippen LogP contribution in [0.25, 0.3) is 0 Å². The average Bonchev–Trinajstić information content (AvgIpc) is 2.57. The number of hydrogen-bond donors (Lipinski definition) is 0. The van der Waals surface area contributed by atoms with Crippen molar-refractivity contribution in [1.29, 1.82) is 0 Å². The highest BCUT2D eigenvalue weighted by Crippen LogP contribution is 2.09. The van der Waals surface area contributed by atoms with Gasteiger partial charge in [0.15, 0.2) is 0 Å². The van der Waals surface area contributed by atoms with E-state index in [1.165, 1.54) is 89.9 Å². The minimum atomic E-state index is 0.812. The van der Waals surface area contributed by atoms with Gasteiger partial charge in [-0.3, -0.25) is 0 Å². The summed E-state index contributed by atoms with van der Waals surface area (Å²) in [5.74, 6) is 0. The molecule has 0 fully saturated rings. The summed E-state index contributed by atoms with van der Waals surface area (Å²) in [6, 6.07) is 0. The van der Waals surface area contributed by atoms with E-state index in [4.69, 9.17) is 9.31 Å². The van der Waals surface area contributed by atoms with Crippen molar-refractivity contribution < 1.29 is 9.31 Å². The van der Waals surface area contributed by atoms with Crippen LogP contribution in [-0.4, -0.2) is 20.9 Å². The third-order valence-electron chi connectivity index (χ3n) is 4.37. The Kier molecular flexibility index (Phi) is 22.0. The quantitative estimate of drug-likeness (QED) is 0.180. The summed E-state index contributed by atoms with van der Waals surface area (Å²) < 4.78 is 10.8. The summed E-state index contributed by atoms with van der Waals surface area (Å²) >= 11 is 0. The first kappa shape index (κ1) is 23.0. The Morgan fingerprint density at radius 1 is 0.435 bits per heavy atom. The first-order valence-electron chi connectivity index (χ1n) is 10.5. The van der Waals surface area contributed by atoms with Gasteiger partial charge < -0.3 is 9.31 Å². The van der Waals surface area contributed by atoms with Crippen LogP contribution in [0.3, 0.4) is 0 Å². The summed E-state index contributed by atoms with van der Waals surface area (Å²) in [6.07, 6.45) is 21.5. The topological polar surface area (TPSA) is 18.5 Å². The van der Waals surface area contributed by atoms with Crippen LogP contribution >= 0.6 is 0 Å². The van der Waals surface area contributed by atoms with Gasteiger partial charge in [0.2, 0.25) is 0 Å². The van der Waals surface area contributed by atoms with E-state index in [0.717, 1.165) is 26.1 Å². The molecule has 0 aromatic heterocycles. The Bertz CT molecular complexity index is 180. The largest absolute Gasteiger partial charge is 0.487 e. The van der Waals surface area contributed by atoms with Crippen molar-refractivity contribution in [3.63, 3.8) is 0 Å². The lowest BCUT2D eigenvalue weighted by Gasteiger charge is -2.05. The van der Waals surface area contributed by atoms with Crippen LogP contribution in [0.1, 0.15) is 117 Å². The van der Waals surface area contributed by atoms with Crippen LogP contribution in [0.15, 0.2) is 0 Å². The second-order valence-corrected chi connectivity index (χ2v) is 6.79. The van der Waals surface area contributed by atoms with Crippen LogP contribution < -0.4 is 0 Å². The highest BCUT2D eigenvalue weighted by atomic mass is 16.6. The molecule has 0 aliphatic rings. The highest BCUT2D eigenvalue weighted by molar-refractivity contribution is 6.17. The van der Waals surface area contributed by atoms with Gasteiger partial charge in [-0.2, -0.15) is 0 Å². The number of hydrogen-bond acceptors (Lipinski definition) is 2. The van der Waals surface area contributed by atoms with Gasteiger partial charge in [0.25, 0.3) is 0 Å². The lowest BCUT2D eigenvalue weighted by molar-refractivity contribution is 0.213. The maximum absolute atomic E-state index is 5.40. The van der Waals surface area contributed by atoms with Crippen molar-refractivity contribution in [3.8, 4) is 0 Å². The molecule has 0 saturated heterocycles. The molecule has 3 heteroatoms. The van der Waals surface area contributed by atoms with E-state index in [1.54, 1.807) is 7.69 Å². The third kappa shape index (κ3) is 22.0. The second kappa shape index (κ2) is 22.0. The molecule has 0 saturated carbocycles. The minimum Gasteiger partial charge on any atom is -0.413 e. The summed E-state index contributed by atoms with van der Waals surface area (Å²) in [6.45, 7) is 6.16. The predicted molar refractivity (Wildman–Crippen MR) is 103 cm³/mol. The molecule has 0 spiro atoms. The van der Waals surface area contributed by atoms with Crippen molar-refractivity contribution in [2.75, 3.05) is 13.2 Å². The number of rotatable bonds is 20. The summed E-state index contributed by atoms with van der Waals surface area (Å²) in [5.41, 5.74) is 0. The Hall–Kier alpha value is -0.0151. The summed E-state index contributed by atoms with van der Waals surface area (Å²) in [7, 11) is 1.56. The lowest BCUT2D eigenvalue weighted by Crippen LogP contribution is -2.07. The summed E-state index contributed by atoms with van der Waals surface area (Å²) in [5, 5.41) is 0. The SMILES string of the molecule is CCCCCCCCCCO[B]OCCCCCCCCCC. The molecular formula is C20H42BO2. The normalized spacial score (nSPS) is 11.0. The standard InChI is InChI=1S/C20H42BO2/c1-3-5-7-9-11-13-15-17-19-22-21-23-20-18-16-14-12-10-8-6-4-2/h3-20H2,1-2H3. The van der Waals surface area contributed by atoms with E-state index in [2.05, 4.69) is 13.8 Å². The Labute approximate surface area is 147 Å². The molecule has 0 amide bonds. The van der Waals surface area contributed by atoms with Gasteiger partial charge in [0.05, 0.1) is 0 Å². The average molecular weight is 325 g/mol. The molecule has 0 rings (SSSR count).